The molecule has 5 heteroatoms. The summed E-state index contributed by atoms with van der Waals surface area (Å²) in [7, 11) is 3.20. The summed E-state index contributed by atoms with van der Waals surface area (Å²) in [5, 5.41) is 3.03. The highest BCUT2D eigenvalue weighted by Crippen LogP contribution is 2.33. The van der Waals surface area contributed by atoms with Gasteiger partial charge in [-0.05, 0) is 37.5 Å². The van der Waals surface area contributed by atoms with Gasteiger partial charge in [-0.2, -0.15) is 0 Å². The molecule has 0 spiro atoms. The zero-order valence-electron chi connectivity index (χ0n) is 16.3. The zero-order chi connectivity index (χ0) is 19.2. The first-order valence-electron chi connectivity index (χ1n) is 9.48. The maximum absolute atomic E-state index is 13.1. The number of nitrogens with one attached hydrogen (secondary N) is 1. The highest BCUT2D eigenvalue weighted by atomic mass is 16.5. The van der Waals surface area contributed by atoms with Crippen LogP contribution in [0.25, 0.3) is 0 Å². The summed E-state index contributed by atoms with van der Waals surface area (Å²) in [5.74, 6) is 1.28. The number of nitrogens with zero attached hydrogens (tertiary/aromatic N) is 1. The molecule has 1 fully saturated rings. The number of amides is 2. The number of rotatable bonds is 4. The second-order valence-corrected chi connectivity index (χ2v) is 6.97. The van der Waals surface area contributed by atoms with E-state index in [1.54, 1.807) is 20.3 Å². The average molecular weight is 368 g/mol. The van der Waals surface area contributed by atoms with Crippen LogP contribution in [0.2, 0.25) is 0 Å². The Morgan fingerprint density at radius 3 is 2.52 bits per heavy atom. The van der Waals surface area contributed by atoms with Crippen LogP contribution in [0.4, 0.5) is 10.5 Å². The van der Waals surface area contributed by atoms with E-state index < -0.39 is 0 Å². The Bertz CT molecular complexity index is 774. The van der Waals surface area contributed by atoms with Gasteiger partial charge in [0.2, 0.25) is 0 Å². The molecule has 1 aliphatic rings. The Kier molecular flexibility index (Phi) is 6.22. The lowest BCUT2D eigenvalue weighted by Gasteiger charge is -2.31. The monoisotopic (exact) mass is 368 g/mol. The van der Waals surface area contributed by atoms with E-state index in [-0.39, 0.29) is 12.1 Å². The minimum Gasteiger partial charge on any atom is -0.497 e. The fourth-order valence-electron chi connectivity index (χ4n) is 3.58. The molecule has 0 saturated carbocycles. The average Bonchev–Trinajstić information content (AvgIpc) is 2.95. The first kappa shape index (κ1) is 19.1. The van der Waals surface area contributed by atoms with Crippen molar-refractivity contribution in [3.8, 4) is 11.5 Å². The van der Waals surface area contributed by atoms with Crippen molar-refractivity contribution in [3.05, 3.63) is 53.6 Å². The first-order valence-corrected chi connectivity index (χ1v) is 9.48. The van der Waals surface area contributed by atoms with Gasteiger partial charge in [0.05, 0.1) is 25.9 Å². The molecule has 27 heavy (non-hydrogen) atoms. The fourth-order valence-corrected chi connectivity index (χ4v) is 3.58. The van der Waals surface area contributed by atoms with E-state index in [1.165, 1.54) is 11.1 Å². The van der Waals surface area contributed by atoms with Crippen molar-refractivity contribution in [2.24, 2.45) is 0 Å². The summed E-state index contributed by atoms with van der Waals surface area (Å²) >= 11 is 0. The van der Waals surface area contributed by atoms with Crippen LogP contribution in [0, 0.1) is 6.92 Å². The van der Waals surface area contributed by atoms with Crippen molar-refractivity contribution in [3.63, 3.8) is 0 Å². The summed E-state index contributed by atoms with van der Waals surface area (Å²) in [4.78, 5) is 15.1. The molecule has 1 N–H and O–H groups in total. The highest BCUT2D eigenvalue weighted by Gasteiger charge is 2.27. The molecule has 1 aliphatic heterocycles. The number of carbonyl (C=O) groups is 1. The zero-order valence-corrected chi connectivity index (χ0v) is 16.3. The SMILES string of the molecule is COc1ccc(NC(=O)N2CCCCCC2c2ccc(C)cc2)c(OC)c1. The van der Waals surface area contributed by atoms with Crippen molar-refractivity contribution in [2.45, 2.75) is 38.6 Å². The predicted molar refractivity (Wildman–Crippen MR) is 108 cm³/mol. The van der Waals surface area contributed by atoms with Gasteiger partial charge in [-0.1, -0.05) is 42.7 Å². The van der Waals surface area contributed by atoms with Crippen LogP contribution in [-0.4, -0.2) is 31.7 Å². The number of urea groups is 1. The number of carbonyl (C=O) groups excluding carboxylic acids is 1. The summed E-state index contributed by atoms with van der Waals surface area (Å²) in [6, 6.07) is 13.9. The maximum atomic E-state index is 13.1. The fraction of sp³-hybridized carbons (Fsp3) is 0.409. The number of benzene rings is 2. The number of ether oxygens (including phenoxy) is 2. The Morgan fingerprint density at radius 2 is 1.81 bits per heavy atom. The molecule has 1 heterocycles. The van der Waals surface area contributed by atoms with Gasteiger partial charge in [0, 0.05) is 12.6 Å². The predicted octanol–water partition coefficient (Wildman–Crippen LogP) is 5.16. The number of anilines is 1. The van der Waals surface area contributed by atoms with Crippen molar-refractivity contribution in [1.82, 2.24) is 4.90 Å². The minimum atomic E-state index is -0.0917. The summed E-state index contributed by atoms with van der Waals surface area (Å²) < 4.78 is 10.6. The third-order valence-electron chi connectivity index (χ3n) is 5.13. The molecule has 2 aromatic carbocycles. The van der Waals surface area contributed by atoms with E-state index in [2.05, 4.69) is 36.5 Å². The number of methoxy groups -OCH3 is 2. The van der Waals surface area contributed by atoms with Crippen LogP contribution in [0.3, 0.4) is 0 Å². The van der Waals surface area contributed by atoms with E-state index in [4.69, 9.17) is 9.47 Å². The van der Waals surface area contributed by atoms with Crippen LogP contribution in [0.15, 0.2) is 42.5 Å². The molecule has 144 valence electrons. The van der Waals surface area contributed by atoms with Crippen molar-refractivity contribution < 1.29 is 14.3 Å². The summed E-state index contributed by atoms with van der Waals surface area (Å²) in [5.41, 5.74) is 3.07. The topological polar surface area (TPSA) is 50.8 Å². The van der Waals surface area contributed by atoms with Crippen LogP contribution in [0.1, 0.15) is 42.9 Å². The Morgan fingerprint density at radius 1 is 1.04 bits per heavy atom. The standard InChI is InChI=1S/C22H28N2O3/c1-16-8-10-17(11-9-16)20-7-5-4-6-14-24(20)22(25)23-19-13-12-18(26-2)15-21(19)27-3/h8-13,15,20H,4-7,14H2,1-3H3,(H,23,25). The van der Waals surface area contributed by atoms with E-state index in [1.807, 2.05) is 17.0 Å². The number of likely N-dealkylation sites (tertiary alicyclic amines) is 1. The van der Waals surface area contributed by atoms with Crippen LogP contribution < -0.4 is 14.8 Å². The molecular weight excluding hydrogens is 340 g/mol. The second kappa shape index (κ2) is 8.80. The van der Waals surface area contributed by atoms with Crippen molar-refractivity contribution in [2.75, 3.05) is 26.1 Å². The first-order chi connectivity index (χ1) is 13.1. The van der Waals surface area contributed by atoms with Crippen molar-refractivity contribution >= 4 is 11.7 Å². The highest BCUT2D eigenvalue weighted by molar-refractivity contribution is 5.91. The molecule has 1 saturated heterocycles. The van der Waals surface area contributed by atoms with E-state index in [9.17, 15) is 4.79 Å². The number of hydrogen-bond donors (Lipinski definition) is 1. The number of aryl methyl sites for hydroxylation is 1. The smallest absolute Gasteiger partial charge is 0.322 e. The van der Waals surface area contributed by atoms with E-state index in [0.29, 0.717) is 17.2 Å². The summed E-state index contributed by atoms with van der Waals surface area (Å²) in [6.45, 7) is 2.83. The van der Waals surface area contributed by atoms with Gasteiger partial charge < -0.3 is 19.7 Å². The van der Waals surface area contributed by atoms with Gasteiger partial charge in [0.15, 0.2) is 0 Å². The maximum Gasteiger partial charge on any atom is 0.322 e. The molecule has 0 aliphatic carbocycles. The normalized spacial score (nSPS) is 17.1. The quantitative estimate of drug-likeness (QED) is 0.811. The summed E-state index contributed by atoms with van der Waals surface area (Å²) in [6.07, 6.45) is 4.29. The second-order valence-electron chi connectivity index (χ2n) is 6.97. The van der Waals surface area contributed by atoms with Gasteiger partial charge in [-0.3, -0.25) is 0 Å². The minimum absolute atomic E-state index is 0.0917. The molecule has 5 nitrogen and oxygen atoms in total. The molecule has 1 atom stereocenters. The van der Waals surface area contributed by atoms with E-state index >= 15 is 0 Å². The van der Waals surface area contributed by atoms with Crippen LogP contribution in [-0.2, 0) is 0 Å². The van der Waals surface area contributed by atoms with Crippen LogP contribution >= 0.6 is 0 Å². The Hall–Kier alpha value is -2.69. The molecule has 2 amide bonds. The molecule has 3 rings (SSSR count). The molecule has 1 unspecified atom stereocenters. The van der Waals surface area contributed by atoms with Gasteiger partial charge in [0.1, 0.15) is 11.5 Å². The van der Waals surface area contributed by atoms with Crippen LogP contribution in [0.5, 0.6) is 11.5 Å². The van der Waals surface area contributed by atoms with Gasteiger partial charge in [-0.15, -0.1) is 0 Å². The lowest BCUT2D eigenvalue weighted by molar-refractivity contribution is 0.189. The van der Waals surface area contributed by atoms with E-state index in [0.717, 1.165) is 32.2 Å². The van der Waals surface area contributed by atoms with Gasteiger partial charge in [0.25, 0.3) is 0 Å². The third kappa shape index (κ3) is 4.54. The molecule has 0 bridgehead atoms. The van der Waals surface area contributed by atoms with Gasteiger partial charge >= 0.3 is 6.03 Å². The largest absolute Gasteiger partial charge is 0.497 e. The number of hydrogen-bond acceptors (Lipinski definition) is 3. The molecule has 2 aromatic rings. The lowest BCUT2D eigenvalue weighted by atomic mass is 10.00. The Labute approximate surface area is 161 Å². The third-order valence-corrected chi connectivity index (χ3v) is 5.13. The lowest BCUT2D eigenvalue weighted by Crippen LogP contribution is -2.38. The Balaban J connectivity index is 1.83. The molecule has 0 aromatic heterocycles. The van der Waals surface area contributed by atoms with Crippen molar-refractivity contribution in [1.29, 1.82) is 0 Å². The molecular formula is C22H28N2O3. The van der Waals surface area contributed by atoms with Gasteiger partial charge in [-0.25, -0.2) is 4.79 Å². The molecule has 0 radical (unpaired) electrons.